The van der Waals surface area contributed by atoms with Crippen molar-refractivity contribution in [3.05, 3.63) is 86.5 Å². The first-order valence-electron chi connectivity index (χ1n) is 16.7. The van der Waals surface area contributed by atoms with E-state index in [1.807, 2.05) is 0 Å². The Morgan fingerprint density at radius 2 is 0.614 bits per heavy atom. The molecule has 0 aromatic heterocycles. The number of nitrogens with zero attached hydrogens (tertiary/aromatic N) is 2. The predicted molar refractivity (Wildman–Crippen MR) is 193 cm³/mol. The van der Waals surface area contributed by atoms with Crippen LogP contribution in [0.4, 0.5) is 0 Å². The molecule has 0 aliphatic carbocycles. The largest absolute Gasteiger partial charge is 0.192 e. The van der Waals surface area contributed by atoms with E-state index in [0.29, 0.717) is 17.8 Å². The first-order chi connectivity index (χ1) is 20.5. The standard InChI is InChI=1S/C41H55N2P/c1-23(2)32-19-37(28(11)12)41(38(20-32)29(13)14)44(39-33(24(3)4)15-30(21-42)16-34(39)25(5)6)40-35(26(7)8)17-31(22-43)18-36(40)27(9)10/h15-20,23-29H,1-14H3. The van der Waals surface area contributed by atoms with Crippen molar-refractivity contribution in [2.24, 2.45) is 0 Å². The van der Waals surface area contributed by atoms with E-state index in [1.165, 1.54) is 54.9 Å². The van der Waals surface area contributed by atoms with Gasteiger partial charge in [0.1, 0.15) is 0 Å². The van der Waals surface area contributed by atoms with E-state index < -0.39 is 7.92 Å². The van der Waals surface area contributed by atoms with Crippen LogP contribution in [-0.4, -0.2) is 0 Å². The molecule has 0 amide bonds. The molecule has 0 atom stereocenters. The van der Waals surface area contributed by atoms with Crippen LogP contribution in [0, 0.1) is 22.7 Å². The monoisotopic (exact) mass is 606 g/mol. The molecule has 3 aromatic rings. The second-order valence-corrected chi connectivity index (χ2v) is 16.7. The molecule has 0 bridgehead atoms. The Morgan fingerprint density at radius 1 is 0.386 bits per heavy atom. The van der Waals surface area contributed by atoms with Gasteiger partial charge in [0.25, 0.3) is 0 Å². The Labute approximate surface area is 270 Å². The first-order valence-corrected chi connectivity index (χ1v) is 18.0. The number of hydrogen-bond acceptors (Lipinski definition) is 2. The first kappa shape index (κ1) is 35.5. The number of nitriles is 2. The van der Waals surface area contributed by atoms with Crippen molar-refractivity contribution >= 4 is 23.8 Å². The van der Waals surface area contributed by atoms with Crippen LogP contribution in [0.1, 0.15) is 188 Å². The summed E-state index contributed by atoms with van der Waals surface area (Å²) in [5.41, 5.74) is 10.9. The summed E-state index contributed by atoms with van der Waals surface area (Å²) in [7, 11) is -1.05. The zero-order chi connectivity index (χ0) is 33.2. The maximum Gasteiger partial charge on any atom is 0.0991 e. The topological polar surface area (TPSA) is 47.6 Å². The molecule has 3 rings (SSSR count). The van der Waals surface area contributed by atoms with Gasteiger partial charge in [-0.2, -0.15) is 10.5 Å². The quantitative estimate of drug-likeness (QED) is 0.216. The summed E-state index contributed by atoms with van der Waals surface area (Å²) < 4.78 is 0. The molecule has 0 aliphatic rings. The van der Waals surface area contributed by atoms with Gasteiger partial charge < -0.3 is 0 Å². The van der Waals surface area contributed by atoms with Crippen molar-refractivity contribution in [1.29, 1.82) is 10.5 Å². The number of hydrogen-bond donors (Lipinski definition) is 0. The molecule has 0 N–H and O–H groups in total. The molecule has 3 aromatic carbocycles. The van der Waals surface area contributed by atoms with E-state index in [4.69, 9.17) is 0 Å². The van der Waals surface area contributed by atoms with E-state index in [9.17, 15) is 10.5 Å². The smallest absolute Gasteiger partial charge is 0.0991 e. The molecule has 0 aliphatic heterocycles. The molecule has 0 radical (unpaired) electrons. The Balaban J connectivity index is 2.84. The van der Waals surface area contributed by atoms with Crippen LogP contribution in [0.15, 0.2) is 36.4 Å². The third-order valence-corrected chi connectivity index (χ3v) is 11.7. The highest BCUT2D eigenvalue weighted by Gasteiger charge is 2.35. The molecule has 0 fully saturated rings. The zero-order valence-electron chi connectivity index (χ0n) is 29.8. The summed E-state index contributed by atoms with van der Waals surface area (Å²) in [4.78, 5) is 0. The van der Waals surface area contributed by atoms with Crippen molar-refractivity contribution in [1.82, 2.24) is 0 Å². The van der Waals surface area contributed by atoms with E-state index in [2.05, 4.69) is 145 Å². The van der Waals surface area contributed by atoms with Crippen LogP contribution in [0.25, 0.3) is 0 Å². The Bertz CT molecular complexity index is 1400. The molecule has 2 nitrogen and oxygen atoms in total. The SMILES string of the molecule is CC(C)c1cc(C(C)C)c(P(c2c(C(C)C)cc(C#N)cc2C(C)C)c2c(C(C)C)cc(C#N)cc2C(C)C)c(C(C)C)c1. The van der Waals surface area contributed by atoms with Gasteiger partial charge in [0, 0.05) is 0 Å². The fourth-order valence-electron chi connectivity index (χ4n) is 6.28. The van der Waals surface area contributed by atoms with Crippen LogP contribution >= 0.6 is 7.92 Å². The fraction of sp³-hybridized carbons (Fsp3) is 0.512. The molecule has 0 unspecified atom stereocenters. The van der Waals surface area contributed by atoms with Gasteiger partial charge in [-0.3, -0.25) is 0 Å². The second kappa shape index (κ2) is 14.4. The minimum Gasteiger partial charge on any atom is -0.192 e. The van der Waals surface area contributed by atoms with Gasteiger partial charge in [-0.1, -0.05) is 109 Å². The highest BCUT2D eigenvalue weighted by molar-refractivity contribution is 7.80. The number of benzene rings is 3. The maximum absolute atomic E-state index is 10.1. The predicted octanol–water partition coefficient (Wildman–Crippen LogP) is 11.1. The Morgan fingerprint density at radius 3 is 0.795 bits per heavy atom. The van der Waals surface area contributed by atoms with Crippen molar-refractivity contribution in [2.75, 3.05) is 0 Å². The lowest BCUT2D eigenvalue weighted by Crippen LogP contribution is -2.35. The number of rotatable bonds is 10. The van der Waals surface area contributed by atoms with E-state index in [-0.39, 0.29) is 23.7 Å². The third-order valence-electron chi connectivity index (χ3n) is 8.86. The van der Waals surface area contributed by atoms with Crippen LogP contribution < -0.4 is 15.9 Å². The second-order valence-electron chi connectivity index (χ2n) is 14.7. The molecule has 234 valence electrons. The summed E-state index contributed by atoms with van der Waals surface area (Å²) in [6.45, 7) is 32.2. The van der Waals surface area contributed by atoms with E-state index >= 15 is 0 Å². The van der Waals surface area contributed by atoms with E-state index in [0.717, 1.165) is 11.1 Å². The summed E-state index contributed by atoms with van der Waals surface area (Å²) in [6.07, 6.45) is 0. The van der Waals surface area contributed by atoms with Gasteiger partial charge >= 0.3 is 0 Å². The zero-order valence-corrected chi connectivity index (χ0v) is 30.7. The summed E-state index contributed by atoms with van der Waals surface area (Å²) in [5, 5.41) is 24.6. The molecular formula is C41H55N2P. The molecule has 0 heterocycles. The van der Waals surface area contributed by atoms with Gasteiger partial charge in [-0.15, -0.1) is 0 Å². The lowest BCUT2D eigenvalue weighted by atomic mass is 9.89. The lowest BCUT2D eigenvalue weighted by Gasteiger charge is -2.36. The molecule has 3 heteroatoms. The maximum atomic E-state index is 10.1. The van der Waals surface area contributed by atoms with Gasteiger partial charge in [0.2, 0.25) is 0 Å². The third kappa shape index (κ3) is 7.14. The van der Waals surface area contributed by atoms with Crippen molar-refractivity contribution in [3.63, 3.8) is 0 Å². The average Bonchev–Trinajstić information content (AvgIpc) is 2.95. The van der Waals surface area contributed by atoms with Gasteiger partial charge in [0.15, 0.2) is 0 Å². The molecular weight excluding hydrogens is 551 g/mol. The summed E-state index contributed by atoms with van der Waals surface area (Å²) >= 11 is 0. The van der Waals surface area contributed by atoms with Crippen LogP contribution in [0.5, 0.6) is 0 Å². The fourth-order valence-corrected chi connectivity index (χ4v) is 10.4. The Kier molecular flexibility index (Phi) is 11.7. The van der Waals surface area contributed by atoms with Crippen LogP contribution in [0.3, 0.4) is 0 Å². The van der Waals surface area contributed by atoms with Crippen molar-refractivity contribution < 1.29 is 0 Å². The molecule has 0 saturated heterocycles. The van der Waals surface area contributed by atoms with Crippen molar-refractivity contribution in [2.45, 2.75) is 138 Å². The normalized spacial score (nSPS) is 12.1. The molecule has 44 heavy (non-hydrogen) atoms. The van der Waals surface area contributed by atoms with E-state index in [1.54, 1.807) is 0 Å². The molecule has 0 saturated carbocycles. The summed E-state index contributed by atoms with van der Waals surface area (Å²) in [6, 6.07) is 18.6. The van der Waals surface area contributed by atoms with Gasteiger partial charge in [0.05, 0.1) is 23.3 Å². The highest BCUT2D eigenvalue weighted by Crippen LogP contribution is 2.48. The van der Waals surface area contributed by atoms with Crippen LogP contribution in [0.2, 0.25) is 0 Å². The highest BCUT2D eigenvalue weighted by atomic mass is 31.1. The minimum atomic E-state index is -1.05. The van der Waals surface area contributed by atoms with Gasteiger partial charge in [-0.25, -0.2) is 0 Å². The van der Waals surface area contributed by atoms with Crippen LogP contribution in [-0.2, 0) is 0 Å². The Hall–Kier alpha value is -2.93. The minimum absolute atomic E-state index is 0.254. The van der Waals surface area contributed by atoms with Crippen molar-refractivity contribution in [3.8, 4) is 12.1 Å². The lowest BCUT2D eigenvalue weighted by molar-refractivity contribution is 0.813. The summed E-state index contributed by atoms with van der Waals surface area (Å²) in [5.74, 6) is 2.14. The molecule has 0 spiro atoms. The average molecular weight is 607 g/mol. The van der Waals surface area contributed by atoms with Gasteiger partial charge in [-0.05, 0) is 128 Å².